The summed E-state index contributed by atoms with van der Waals surface area (Å²) in [7, 11) is -2.60. The number of halogens is 1. The lowest BCUT2D eigenvalue weighted by Crippen LogP contribution is -2.38. The van der Waals surface area contributed by atoms with Gasteiger partial charge in [-0.05, 0) is 43.3 Å². The molecule has 3 aromatic carbocycles. The lowest BCUT2D eigenvalue weighted by molar-refractivity contribution is -0.114. The Morgan fingerprint density at radius 3 is 2.31 bits per heavy atom. The van der Waals surface area contributed by atoms with Crippen LogP contribution in [-0.4, -0.2) is 47.0 Å². The molecule has 0 atom stereocenters. The van der Waals surface area contributed by atoms with E-state index in [4.69, 9.17) is 16.3 Å². The Labute approximate surface area is 209 Å². The van der Waals surface area contributed by atoms with Crippen molar-refractivity contribution >= 4 is 44.8 Å². The van der Waals surface area contributed by atoms with Crippen molar-refractivity contribution in [2.24, 2.45) is 0 Å². The molecule has 184 valence electrons. The number of nitrogens with zero attached hydrogens (tertiary/aromatic N) is 1. The molecule has 0 saturated heterocycles. The highest BCUT2D eigenvalue weighted by molar-refractivity contribution is 7.92. The molecule has 0 aliphatic carbocycles. The van der Waals surface area contributed by atoms with Gasteiger partial charge in [0, 0.05) is 13.7 Å². The van der Waals surface area contributed by atoms with Gasteiger partial charge in [0.25, 0.3) is 15.9 Å². The molecule has 2 amide bonds. The van der Waals surface area contributed by atoms with Crippen molar-refractivity contribution in [1.82, 2.24) is 5.32 Å². The number of amides is 2. The summed E-state index contributed by atoms with van der Waals surface area (Å²) in [6, 6.07) is 19.1. The largest absolute Gasteiger partial charge is 0.383 e. The fraction of sp³-hybridized carbons (Fsp3) is 0.200. The first kappa shape index (κ1) is 26.2. The molecule has 35 heavy (non-hydrogen) atoms. The molecular formula is C25H26ClN3O5S. The zero-order valence-corrected chi connectivity index (χ0v) is 20.9. The minimum absolute atomic E-state index is 0.0220. The van der Waals surface area contributed by atoms with Gasteiger partial charge in [0.2, 0.25) is 5.91 Å². The summed E-state index contributed by atoms with van der Waals surface area (Å²) in [5, 5.41) is 5.53. The Bertz CT molecular complexity index is 1300. The minimum atomic E-state index is -4.13. The van der Waals surface area contributed by atoms with Gasteiger partial charge < -0.3 is 15.4 Å². The maximum atomic E-state index is 13.5. The maximum absolute atomic E-state index is 13.5. The number of benzene rings is 3. The Hall–Kier alpha value is -3.40. The number of ether oxygens (including phenoxy) is 1. The lowest BCUT2D eigenvalue weighted by Gasteiger charge is -2.25. The van der Waals surface area contributed by atoms with Crippen molar-refractivity contribution in [2.45, 2.75) is 11.8 Å². The van der Waals surface area contributed by atoms with E-state index in [1.165, 1.54) is 25.3 Å². The number of carbonyl (C=O) groups excluding carboxylic acids is 2. The Kier molecular flexibility index (Phi) is 8.86. The van der Waals surface area contributed by atoms with E-state index < -0.39 is 28.4 Å². The van der Waals surface area contributed by atoms with Gasteiger partial charge in [0.05, 0.1) is 33.5 Å². The molecule has 3 aromatic rings. The topological polar surface area (TPSA) is 105 Å². The van der Waals surface area contributed by atoms with Gasteiger partial charge in [-0.2, -0.15) is 0 Å². The Morgan fingerprint density at radius 1 is 0.971 bits per heavy atom. The summed E-state index contributed by atoms with van der Waals surface area (Å²) in [6.45, 7) is 1.93. The van der Waals surface area contributed by atoms with E-state index in [0.29, 0.717) is 13.2 Å². The van der Waals surface area contributed by atoms with Crippen LogP contribution in [0.15, 0.2) is 77.7 Å². The third kappa shape index (κ3) is 6.60. The van der Waals surface area contributed by atoms with Crippen LogP contribution in [0.5, 0.6) is 0 Å². The summed E-state index contributed by atoms with van der Waals surface area (Å²) in [5.74, 6) is -1.04. The maximum Gasteiger partial charge on any atom is 0.264 e. The normalized spacial score (nSPS) is 11.1. The predicted molar refractivity (Wildman–Crippen MR) is 136 cm³/mol. The zero-order chi connectivity index (χ0) is 25.4. The number of aryl methyl sites for hydroxylation is 1. The van der Waals surface area contributed by atoms with Crippen LogP contribution in [0.3, 0.4) is 0 Å². The van der Waals surface area contributed by atoms with E-state index in [1.54, 1.807) is 54.6 Å². The van der Waals surface area contributed by atoms with Crippen molar-refractivity contribution in [3.05, 3.63) is 88.9 Å². The van der Waals surface area contributed by atoms with Crippen LogP contribution in [0, 0.1) is 6.92 Å². The molecule has 0 fully saturated rings. The molecule has 0 aromatic heterocycles. The first-order valence-corrected chi connectivity index (χ1v) is 12.6. The van der Waals surface area contributed by atoms with E-state index in [0.717, 1.165) is 9.87 Å². The lowest BCUT2D eigenvalue weighted by atomic mass is 10.1. The standard InChI is InChI=1S/C25H26ClN3O5S/c1-18-11-13-19(14-12-18)35(32,33)29(23-10-6-4-8-21(23)26)17-24(30)28-22-9-5-3-7-20(22)25(31)27-15-16-34-2/h3-14H,15-17H2,1-2H3,(H,27,31)(H,28,30). The smallest absolute Gasteiger partial charge is 0.264 e. The van der Waals surface area contributed by atoms with Gasteiger partial charge in [-0.15, -0.1) is 0 Å². The Balaban J connectivity index is 1.90. The average molecular weight is 516 g/mol. The second-order valence-electron chi connectivity index (χ2n) is 7.62. The molecule has 0 saturated carbocycles. The third-order valence-electron chi connectivity index (χ3n) is 5.05. The predicted octanol–water partition coefficient (Wildman–Crippen LogP) is 3.86. The summed E-state index contributed by atoms with van der Waals surface area (Å²) < 4.78 is 32.9. The number of anilines is 2. The molecule has 2 N–H and O–H groups in total. The monoisotopic (exact) mass is 515 g/mol. The van der Waals surface area contributed by atoms with Crippen LogP contribution in [0.2, 0.25) is 5.02 Å². The molecule has 0 bridgehead atoms. The van der Waals surface area contributed by atoms with Crippen LogP contribution in [0.1, 0.15) is 15.9 Å². The van der Waals surface area contributed by atoms with E-state index in [9.17, 15) is 18.0 Å². The van der Waals surface area contributed by atoms with Crippen LogP contribution in [0.4, 0.5) is 11.4 Å². The quantitative estimate of drug-likeness (QED) is 0.399. The molecule has 3 rings (SSSR count). The number of rotatable bonds is 10. The summed E-state index contributed by atoms with van der Waals surface area (Å²) in [6.07, 6.45) is 0. The molecule has 0 aliphatic heterocycles. The van der Waals surface area contributed by atoms with Crippen molar-refractivity contribution in [2.75, 3.05) is 36.4 Å². The number of sulfonamides is 1. The highest BCUT2D eigenvalue weighted by Gasteiger charge is 2.29. The van der Waals surface area contributed by atoms with Crippen molar-refractivity contribution < 1.29 is 22.7 Å². The number of para-hydroxylation sites is 2. The molecular weight excluding hydrogens is 490 g/mol. The highest BCUT2D eigenvalue weighted by Crippen LogP contribution is 2.30. The third-order valence-corrected chi connectivity index (χ3v) is 7.15. The molecule has 0 unspecified atom stereocenters. The SMILES string of the molecule is COCCNC(=O)c1ccccc1NC(=O)CN(c1ccccc1Cl)S(=O)(=O)c1ccc(C)cc1. The van der Waals surface area contributed by atoms with Gasteiger partial charge in [0.1, 0.15) is 6.54 Å². The second kappa shape index (κ2) is 11.8. The first-order valence-electron chi connectivity index (χ1n) is 10.7. The number of methoxy groups -OCH3 is 1. The van der Waals surface area contributed by atoms with E-state index in [-0.39, 0.29) is 26.9 Å². The van der Waals surface area contributed by atoms with Gasteiger partial charge in [0.15, 0.2) is 0 Å². The van der Waals surface area contributed by atoms with E-state index in [1.807, 2.05) is 6.92 Å². The molecule has 10 heteroatoms. The molecule has 8 nitrogen and oxygen atoms in total. The van der Waals surface area contributed by atoms with Crippen LogP contribution in [0.25, 0.3) is 0 Å². The number of hydrogen-bond donors (Lipinski definition) is 2. The van der Waals surface area contributed by atoms with Crippen LogP contribution >= 0.6 is 11.6 Å². The highest BCUT2D eigenvalue weighted by atomic mass is 35.5. The summed E-state index contributed by atoms with van der Waals surface area (Å²) in [4.78, 5) is 25.6. The number of carbonyl (C=O) groups is 2. The molecule has 0 spiro atoms. The second-order valence-corrected chi connectivity index (χ2v) is 9.89. The summed E-state index contributed by atoms with van der Waals surface area (Å²) >= 11 is 6.31. The van der Waals surface area contributed by atoms with Gasteiger partial charge in [-0.3, -0.25) is 13.9 Å². The molecule has 0 heterocycles. The van der Waals surface area contributed by atoms with Crippen molar-refractivity contribution in [1.29, 1.82) is 0 Å². The van der Waals surface area contributed by atoms with Gasteiger partial charge in [-0.1, -0.05) is 53.6 Å². The van der Waals surface area contributed by atoms with Crippen LogP contribution in [-0.2, 0) is 19.6 Å². The first-order chi connectivity index (χ1) is 16.7. The molecule has 0 radical (unpaired) electrons. The van der Waals surface area contributed by atoms with Crippen LogP contribution < -0.4 is 14.9 Å². The van der Waals surface area contributed by atoms with Crippen molar-refractivity contribution in [3.8, 4) is 0 Å². The fourth-order valence-electron chi connectivity index (χ4n) is 3.26. The summed E-state index contributed by atoms with van der Waals surface area (Å²) in [5.41, 5.74) is 1.55. The average Bonchev–Trinajstić information content (AvgIpc) is 2.84. The number of hydrogen-bond acceptors (Lipinski definition) is 5. The zero-order valence-electron chi connectivity index (χ0n) is 19.3. The Morgan fingerprint density at radius 2 is 1.63 bits per heavy atom. The van der Waals surface area contributed by atoms with Gasteiger partial charge >= 0.3 is 0 Å². The number of nitrogens with one attached hydrogen (secondary N) is 2. The van der Waals surface area contributed by atoms with Crippen molar-refractivity contribution in [3.63, 3.8) is 0 Å². The molecule has 0 aliphatic rings. The van der Waals surface area contributed by atoms with E-state index >= 15 is 0 Å². The van der Waals surface area contributed by atoms with Gasteiger partial charge in [-0.25, -0.2) is 8.42 Å². The minimum Gasteiger partial charge on any atom is -0.383 e. The van der Waals surface area contributed by atoms with E-state index in [2.05, 4.69) is 10.6 Å². The fourth-order valence-corrected chi connectivity index (χ4v) is 4.99.